The largest absolute Gasteiger partial charge is 0.485 e. The predicted octanol–water partition coefficient (Wildman–Crippen LogP) is 6.07. The van der Waals surface area contributed by atoms with Gasteiger partial charge >= 0.3 is 0 Å². The van der Waals surface area contributed by atoms with E-state index in [-0.39, 0.29) is 30.4 Å². The lowest BCUT2D eigenvalue weighted by molar-refractivity contribution is 0.0939. The Morgan fingerprint density at radius 1 is 0.824 bits per heavy atom. The number of hydrogen-bond acceptors (Lipinski definition) is 4. The predicted molar refractivity (Wildman–Crippen MR) is 131 cm³/mol. The van der Waals surface area contributed by atoms with Gasteiger partial charge in [-0.2, -0.15) is 0 Å². The van der Waals surface area contributed by atoms with E-state index in [1.807, 2.05) is 60.7 Å². The molecule has 0 atom stereocenters. The molecule has 0 unspecified atom stereocenters. The first kappa shape index (κ1) is 23.4. The van der Waals surface area contributed by atoms with Gasteiger partial charge in [-0.15, -0.1) is 0 Å². The van der Waals surface area contributed by atoms with Crippen LogP contribution in [0.4, 0.5) is 4.39 Å². The third kappa shape index (κ3) is 6.42. The van der Waals surface area contributed by atoms with E-state index >= 15 is 0 Å². The zero-order valence-corrected chi connectivity index (χ0v) is 19.8. The van der Waals surface area contributed by atoms with Gasteiger partial charge in [0, 0.05) is 12.6 Å². The van der Waals surface area contributed by atoms with Crippen LogP contribution in [0.3, 0.4) is 0 Å². The number of aromatic nitrogens is 1. The Balaban J connectivity index is 1.58. The highest BCUT2D eigenvalue weighted by Crippen LogP contribution is 2.34. The molecule has 0 radical (unpaired) electrons. The van der Waals surface area contributed by atoms with Crippen molar-refractivity contribution >= 4 is 21.8 Å². The first-order chi connectivity index (χ1) is 16.6. The highest BCUT2D eigenvalue weighted by Gasteiger charge is 2.21. The zero-order chi connectivity index (χ0) is 23.8. The number of carbonyl (C=O) groups is 1. The van der Waals surface area contributed by atoms with E-state index in [2.05, 4.69) is 26.2 Å². The molecule has 5 nitrogen and oxygen atoms in total. The minimum Gasteiger partial charge on any atom is -0.485 e. The number of halogens is 2. The fourth-order valence-electron chi connectivity index (χ4n) is 3.21. The van der Waals surface area contributed by atoms with Gasteiger partial charge in [0.1, 0.15) is 23.6 Å². The highest BCUT2D eigenvalue weighted by atomic mass is 79.9. The van der Waals surface area contributed by atoms with Crippen molar-refractivity contribution in [2.24, 2.45) is 0 Å². The molecule has 3 aromatic carbocycles. The van der Waals surface area contributed by atoms with Crippen molar-refractivity contribution in [1.29, 1.82) is 0 Å². The Bertz CT molecular complexity index is 1240. The Labute approximate surface area is 205 Å². The van der Waals surface area contributed by atoms with E-state index in [1.165, 1.54) is 12.1 Å². The number of nitrogens with zero attached hydrogens (tertiary/aromatic N) is 1. The third-order valence-electron chi connectivity index (χ3n) is 4.95. The van der Waals surface area contributed by atoms with Gasteiger partial charge in [-0.1, -0.05) is 72.8 Å². The van der Waals surface area contributed by atoms with Crippen molar-refractivity contribution in [3.8, 4) is 11.5 Å². The number of hydrogen-bond donors (Lipinski definition) is 1. The molecule has 0 spiro atoms. The number of ether oxygens (including phenoxy) is 2. The van der Waals surface area contributed by atoms with Crippen LogP contribution in [0.25, 0.3) is 0 Å². The van der Waals surface area contributed by atoms with Gasteiger partial charge in [-0.3, -0.25) is 4.79 Å². The van der Waals surface area contributed by atoms with E-state index in [0.717, 1.165) is 16.7 Å². The van der Waals surface area contributed by atoms with Crippen molar-refractivity contribution in [3.63, 3.8) is 0 Å². The number of benzene rings is 3. The monoisotopic (exact) mass is 520 g/mol. The zero-order valence-electron chi connectivity index (χ0n) is 18.2. The van der Waals surface area contributed by atoms with Crippen LogP contribution in [0.15, 0.2) is 95.6 Å². The van der Waals surface area contributed by atoms with Gasteiger partial charge in [0.2, 0.25) is 0 Å². The molecule has 7 heteroatoms. The smallest absolute Gasteiger partial charge is 0.274 e. The van der Waals surface area contributed by atoms with Gasteiger partial charge in [0.05, 0.1) is 0 Å². The summed E-state index contributed by atoms with van der Waals surface area (Å²) >= 11 is 3.37. The second-order valence-electron chi connectivity index (χ2n) is 7.48. The minimum absolute atomic E-state index is 0.0930. The van der Waals surface area contributed by atoms with E-state index in [1.54, 1.807) is 18.2 Å². The molecule has 0 aliphatic heterocycles. The van der Waals surface area contributed by atoms with Crippen molar-refractivity contribution in [1.82, 2.24) is 10.3 Å². The summed E-state index contributed by atoms with van der Waals surface area (Å²) in [5.74, 6) is -0.119. The molecule has 4 rings (SSSR count). The second kappa shape index (κ2) is 11.4. The third-order valence-corrected chi connectivity index (χ3v) is 5.36. The minimum atomic E-state index is -0.432. The Kier molecular flexibility index (Phi) is 7.88. The van der Waals surface area contributed by atoms with Crippen LogP contribution in [0.1, 0.15) is 27.2 Å². The van der Waals surface area contributed by atoms with E-state index in [9.17, 15) is 9.18 Å². The van der Waals surface area contributed by atoms with Crippen LogP contribution in [0, 0.1) is 5.82 Å². The molecular formula is C27H22BrFN2O3. The maximum Gasteiger partial charge on any atom is 0.274 e. The first-order valence-corrected chi connectivity index (χ1v) is 11.4. The molecule has 1 N–H and O–H groups in total. The molecule has 0 aliphatic rings. The molecule has 172 valence electrons. The Hall–Kier alpha value is -3.71. The number of amides is 1. The van der Waals surface area contributed by atoms with Gasteiger partial charge in [-0.25, -0.2) is 9.37 Å². The molecule has 0 bridgehead atoms. The number of rotatable bonds is 9. The molecule has 0 fully saturated rings. The van der Waals surface area contributed by atoms with Gasteiger partial charge in [0.25, 0.3) is 5.91 Å². The van der Waals surface area contributed by atoms with Crippen LogP contribution >= 0.6 is 15.9 Å². The summed E-state index contributed by atoms with van der Waals surface area (Å²) in [6, 6.07) is 27.0. The number of nitrogens with one attached hydrogen (secondary N) is 1. The normalized spacial score (nSPS) is 10.5. The average Bonchev–Trinajstić information content (AvgIpc) is 2.87. The van der Waals surface area contributed by atoms with Gasteiger partial charge < -0.3 is 14.8 Å². The second-order valence-corrected chi connectivity index (χ2v) is 8.29. The Morgan fingerprint density at radius 2 is 1.41 bits per heavy atom. The maximum absolute atomic E-state index is 13.2. The lowest BCUT2D eigenvalue weighted by atomic mass is 10.2. The SMILES string of the molecule is O=C(NCc1ccc(F)cc1)c1nc(Br)cc(OCc2ccccc2)c1OCc1ccccc1. The first-order valence-electron chi connectivity index (χ1n) is 10.6. The summed E-state index contributed by atoms with van der Waals surface area (Å²) in [4.78, 5) is 17.5. The molecular weight excluding hydrogens is 499 g/mol. The van der Waals surface area contributed by atoms with Crippen LogP contribution in [0.5, 0.6) is 11.5 Å². The number of carbonyl (C=O) groups excluding carboxylic acids is 1. The fourth-order valence-corrected chi connectivity index (χ4v) is 3.60. The lowest BCUT2D eigenvalue weighted by Crippen LogP contribution is -2.25. The molecule has 4 aromatic rings. The maximum atomic E-state index is 13.2. The van der Waals surface area contributed by atoms with Crippen LogP contribution in [-0.2, 0) is 19.8 Å². The summed E-state index contributed by atoms with van der Waals surface area (Å²) in [5, 5.41) is 2.82. The summed E-state index contributed by atoms with van der Waals surface area (Å²) in [5.41, 5.74) is 2.77. The summed E-state index contributed by atoms with van der Waals surface area (Å²) < 4.78 is 25.7. The van der Waals surface area contributed by atoms with Crippen LogP contribution in [0.2, 0.25) is 0 Å². The number of pyridine rings is 1. The molecule has 0 aliphatic carbocycles. The summed E-state index contributed by atoms with van der Waals surface area (Å²) in [7, 11) is 0. The van der Waals surface area contributed by atoms with E-state index in [4.69, 9.17) is 9.47 Å². The van der Waals surface area contributed by atoms with E-state index in [0.29, 0.717) is 17.0 Å². The van der Waals surface area contributed by atoms with Crippen LogP contribution in [-0.4, -0.2) is 10.9 Å². The molecule has 0 saturated heterocycles. The van der Waals surface area contributed by atoms with Crippen molar-refractivity contribution in [2.45, 2.75) is 19.8 Å². The van der Waals surface area contributed by atoms with Crippen LogP contribution < -0.4 is 14.8 Å². The fraction of sp³-hybridized carbons (Fsp3) is 0.111. The van der Waals surface area contributed by atoms with Crippen molar-refractivity contribution in [2.75, 3.05) is 0 Å². The highest BCUT2D eigenvalue weighted by molar-refractivity contribution is 9.10. The molecule has 1 heterocycles. The average molecular weight is 521 g/mol. The van der Waals surface area contributed by atoms with Crippen molar-refractivity contribution in [3.05, 3.63) is 124 Å². The van der Waals surface area contributed by atoms with Gasteiger partial charge in [-0.05, 0) is 44.8 Å². The standard InChI is InChI=1S/C27H22BrFN2O3/c28-24-15-23(33-17-20-7-3-1-4-8-20)26(34-18-21-9-5-2-6-10-21)25(31-24)27(32)30-16-19-11-13-22(29)14-12-19/h1-15H,16-18H2,(H,30,32). The quantitative estimate of drug-likeness (QED) is 0.272. The Morgan fingerprint density at radius 3 is 2.03 bits per heavy atom. The van der Waals surface area contributed by atoms with Gasteiger partial charge in [0.15, 0.2) is 17.2 Å². The van der Waals surface area contributed by atoms with E-state index < -0.39 is 5.91 Å². The topological polar surface area (TPSA) is 60.5 Å². The molecule has 1 aromatic heterocycles. The molecule has 1 amide bonds. The lowest BCUT2D eigenvalue weighted by Gasteiger charge is -2.17. The summed E-state index contributed by atoms with van der Waals surface area (Å²) in [6.45, 7) is 0.755. The molecule has 0 saturated carbocycles. The van der Waals surface area contributed by atoms with Crippen molar-refractivity contribution < 1.29 is 18.7 Å². The summed E-state index contributed by atoms with van der Waals surface area (Å²) in [6.07, 6.45) is 0. The molecule has 34 heavy (non-hydrogen) atoms.